The number of carbonyl (C=O) groups excluding carboxylic acids is 2. The number of aliphatic hydroxyl groups is 3. The second-order valence-corrected chi connectivity index (χ2v) is 14.0. The van der Waals surface area contributed by atoms with Crippen LogP contribution in [-0.2, 0) is 19.0 Å². The summed E-state index contributed by atoms with van der Waals surface area (Å²) in [6.45, 7) is 13.3. The van der Waals surface area contributed by atoms with Crippen molar-refractivity contribution in [2.24, 2.45) is 17.8 Å². The number of amides is 1. The van der Waals surface area contributed by atoms with Gasteiger partial charge >= 0.3 is 12.1 Å². The number of carbonyl (C=O) groups is 2. The van der Waals surface area contributed by atoms with Crippen molar-refractivity contribution in [1.82, 2.24) is 10.2 Å². The maximum absolute atomic E-state index is 12.9. The lowest BCUT2D eigenvalue weighted by Crippen LogP contribution is -2.44. The molecule has 10 unspecified atom stereocenters. The van der Waals surface area contributed by atoms with Crippen molar-refractivity contribution < 1.29 is 39.1 Å². The van der Waals surface area contributed by atoms with Crippen LogP contribution < -0.4 is 5.32 Å². The van der Waals surface area contributed by atoms with Gasteiger partial charge in [-0.3, -0.25) is 4.79 Å². The van der Waals surface area contributed by atoms with Crippen LogP contribution in [0.2, 0.25) is 0 Å². The first-order valence-corrected chi connectivity index (χ1v) is 16.8. The van der Waals surface area contributed by atoms with E-state index < -0.39 is 42.1 Å². The molecule has 4 N–H and O–H groups in total. The molecule has 0 radical (unpaired) electrons. The third-order valence-electron chi connectivity index (χ3n) is 9.59. The first kappa shape index (κ1) is 37.2. The molecular formula is C35H58N2O8. The topological polar surface area (TPSA) is 141 Å². The molecule has 2 fully saturated rings. The molecule has 3 rings (SSSR count). The molecule has 0 saturated carbocycles. The first-order valence-electron chi connectivity index (χ1n) is 16.8. The number of piperidine rings is 1. The van der Waals surface area contributed by atoms with E-state index in [0.717, 1.165) is 31.5 Å². The molecule has 0 aliphatic carbocycles. The van der Waals surface area contributed by atoms with Crippen molar-refractivity contribution >= 4 is 12.1 Å². The summed E-state index contributed by atoms with van der Waals surface area (Å²) in [4.78, 5) is 27.9. The molecule has 256 valence electrons. The van der Waals surface area contributed by atoms with Crippen molar-refractivity contribution in [2.75, 3.05) is 20.1 Å². The molecule has 10 atom stereocenters. The maximum Gasteiger partial charge on any atom is 0.407 e. The monoisotopic (exact) mass is 634 g/mol. The molecule has 2 saturated heterocycles. The zero-order valence-corrected chi connectivity index (χ0v) is 28.4. The Bertz CT molecular complexity index is 1050. The number of hydrogen-bond acceptors (Lipinski definition) is 9. The van der Waals surface area contributed by atoms with Crippen LogP contribution in [0, 0.1) is 17.8 Å². The Balaban J connectivity index is 1.68. The third-order valence-corrected chi connectivity index (χ3v) is 9.59. The molecule has 1 amide bonds. The summed E-state index contributed by atoms with van der Waals surface area (Å²) in [7, 11) is 2.07. The van der Waals surface area contributed by atoms with E-state index in [2.05, 4.69) is 17.3 Å². The summed E-state index contributed by atoms with van der Waals surface area (Å²) in [5, 5.41) is 34.7. The Hall–Kier alpha value is -2.24. The van der Waals surface area contributed by atoms with Gasteiger partial charge in [0.15, 0.2) is 0 Å². The maximum atomic E-state index is 12.9. The summed E-state index contributed by atoms with van der Waals surface area (Å²) in [5.41, 5.74) is -0.356. The van der Waals surface area contributed by atoms with Gasteiger partial charge in [0.05, 0.1) is 36.4 Å². The Morgan fingerprint density at radius 3 is 2.58 bits per heavy atom. The number of likely N-dealkylation sites (tertiary alicyclic amines) is 1. The van der Waals surface area contributed by atoms with Gasteiger partial charge in [-0.05, 0) is 83.7 Å². The Labute approximate surface area is 269 Å². The lowest BCUT2D eigenvalue weighted by molar-refractivity contribution is -0.151. The number of rotatable bonds is 10. The Kier molecular flexibility index (Phi) is 14.1. The van der Waals surface area contributed by atoms with Gasteiger partial charge in [0.2, 0.25) is 0 Å². The molecule has 0 aromatic carbocycles. The average molecular weight is 635 g/mol. The summed E-state index contributed by atoms with van der Waals surface area (Å²) >= 11 is 0. The predicted octanol–water partition coefficient (Wildman–Crippen LogP) is 4.28. The highest BCUT2D eigenvalue weighted by Crippen LogP contribution is 2.37. The fourth-order valence-electron chi connectivity index (χ4n) is 6.28. The highest BCUT2D eigenvalue weighted by molar-refractivity contribution is 5.70. The number of alkyl carbamates (subject to hydrolysis) is 1. The highest BCUT2D eigenvalue weighted by Gasteiger charge is 2.47. The van der Waals surface area contributed by atoms with Crippen LogP contribution in [0.1, 0.15) is 86.5 Å². The molecule has 0 spiro atoms. The minimum atomic E-state index is -1.12. The summed E-state index contributed by atoms with van der Waals surface area (Å²) < 4.78 is 17.5. The van der Waals surface area contributed by atoms with E-state index >= 15 is 0 Å². The molecular weight excluding hydrogens is 576 g/mol. The lowest BCUT2D eigenvalue weighted by Gasteiger charge is -2.30. The number of hydrogen-bond donors (Lipinski definition) is 4. The largest absolute Gasteiger partial charge is 0.457 e. The van der Waals surface area contributed by atoms with E-state index in [0.29, 0.717) is 25.7 Å². The molecule has 10 nitrogen and oxygen atoms in total. The van der Waals surface area contributed by atoms with E-state index in [1.54, 1.807) is 19.1 Å². The van der Waals surface area contributed by atoms with E-state index in [-0.39, 0.29) is 42.4 Å². The number of esters is 1. The molecule has 3 aliphatic heterocycles. The molecule has 45 heavy (non-hydrogen) atoms. The Morgan fingerprint density at radius 2 is 1.91 bits per heavy atom. The number of aliphatic hydroxyl groups excluding tert-OH is 2. The SMILES string of the molecule is CCC(O)C(C)C1OC1CC(C)(O)C=CC=C(C)C1OC(=O)CC(O)CCC(C)C(OC(=O)NC2CCN(C)CC2)C=CC1C. The van der Waals surface area contributed by atoms with Crippen LogP contribution >= 0.6 is 0 Å². The van der Waals surface area contributed by atoms with Gasteiger partial charge < -0.3 is 39.7 Å². The van der Waals surface area contributed by atoms with Crippen LogP contribution in [0.15, 0.2) is 36.0 Å². The van der Waals surface area contributed by atoms with Crippen LogP contribution in [-0.4, -0.2) is 101 Å². The summed E-state index contributed by atoms with van der Waals surface area (Å²) in [6, 6.07) is 0.0844. The number of epoxide rings is 1. The number of nitrogens with one attached hydrogen (secondary N) is 1. The summed E-state index contributed by atoms with van der Waals surface area (Å²) in [6.07, 6.45) is 9.71. The normalized spacial score (nSPS) is 33.8. The van der Waals surface area contributed by atoms with E-state index in [9.17, 15) is 24.9 Å². The van der Waals surface area contributed by atoms with E-state index in [1.807, 2.05) is 52.8 Å². The smallest absolute Gasteiger partial charge is 0.407 e. The Morgan fingerprint density at radius 1 is 1.22 bits per heavy atom. The average Bonchev–Trinajstić information content (AvgIpc) is 3.74. The van der Waals surface area contributed by atoms with Crippen molar-refractivity contribution in [2.45, 2.75) is 135 Å². The highest BCUT2D eigenvalue weighted by atomic mass is 16.6. The van der Waals surface area contributed by atoms with Crippen LogP contribution in [0.25, 0.3) is 0 Å². The molecule has 0 aromatic rings. The predicted molar refractivity (Wildman–Crippen MR) is 173 cm³/mol. The van der Waals surface area contributed by atoms with Crippen molar-refractivity contribution in [1.29, 1.82) is 0 Å². The molecule has 10 heteroatoms. The van der Waals surface area contributed by atoms with Crippen molar-refractivity contribution in [3.63, 3.8) is 0 Å². The van der Waals surface area contributed by atoms with Gasteiger partial charge in [0.25, 0.3) is 0 Å². The zero-order chi connectivity index (χ0) is 33.3. The summed E-state index contributed by atoms with van der Waals surface area (Å²) in [5.74, 6) is -0.786. The zero-order valence-electron chi connectivity index (χ0n) is 28.4. The van der Waals surface area contributed by atoms with Crippen LogP contribution in [0.3, 0.4) is 0 Å². The molecule has 3 aliphatic rings. The number of cyclic esters (lactones) is 1. The minimum Gasteiger partial charge on any atom is -0.457 e. The van der Waals surface area contributed by atoms with Gasteiger partial charge in [0, 0.05) is 24.3 Å². The minimum absolute atomic E-state index is 0.00677. The van der Waals surface area contributed by atoms with Gasteiger partial charge in [-0.25, -0.2) is 4.79 Å². The quantitative estimate of drug-likeness (QED) is 0.120. The standard InChI is InChI=1S/C35H58N2O8/c1-8-28(39)25(5)33-30(43-33)21-35(6,42)17-9-10-23(3)32-24(4)12-14-29(22(2)11-13-27(38)20-31(40)45-32)44-34(41)36-26-15-18-37(7)19-16-26/h9-10,12,14,17,22,24-30,32-33,38-39,42H,8,11,13,15-16,18-21H2,1-7H3,(H,36,41). The van der Waals surface area contributed by atoms with Crippen LogP contribution in [0.4, 0.5) is 4.79 Å². The second kappa shape index (κ2) is 17.1. The third kappa shape index (κ3) is 12.1. The number of nitrogens with zero attached hydrogens (tertiary/aromatic N) is 1. The second-order valence-electron chi connectivity index (χ2n) is 14.0. The van der Waals surface area contributed by atoms with Gasteiger partial charge in [0.1, 0.15) is 12.2 Å². The number of allylic oxidation sites excluding steroid dienone is 2. The van der Waals surface area contributed by atoms with E-state index in [4.69, 9.17) is 14.2 Å². The van der Waals surface area contributed by atoms with E-state index in [1.165, 1.54) is 0 Å². The molecule has 3 heterocycles. The van der Waals surface area contributed by atoms with Gasteiger partial charge in [-0.2, -0.15) is 0 Å². The first-order chi connectivity index (χ1) is 21.2. The van der Waals surface area contributed by atoms with Gasteiger partial charge in [-0.15, -0.1) is 0 Å². The molecule has 0 aromatic heterocycles. The van der Waals surface area contributed by atoms with Crippen molar-refractivity contribution in [3.8, 4) is 0 Å². The number of ether oxygens (including phenoxy) is 3. The van der Waals surface area contributed by atoms with Gasteiger partial charge in [-0.1, -0.05) is 52.0 Å². The van der Waals surface area contributed by atoms with Crippen LogP contribution in [0.5, 0.6) is 0 Å². The lowest BCUT2D eigenvalue weighted by atomic mass is 9.91. The molecule has 0 bridgehead atoms. The van der Waals surface area contributed by atoms with Crippen molar-refractivity contribution in [3.05, 3.63) is 36.0 Å². The fourth-order valence-corrected chi connectivity index (χ4v) is 6.28. The fraction of sp³-hybridized carbons (Fsp3) is 0.771.